The number of hydrogen-bond donors (Lipinski definition) is 1. The Labute approximate surface area is 85.2 Å². The quantitative estimate of drug-likeness (QED) is 0.802. The van der Waals surface area contributed by atoms with Gasteiger partial charge in [-0.1, -0.05) is 0 Å². The number of ether oxygens (including phenoxy) is 1. The second-order valence-corrected chi connectivity index (χ2v) is 3.66. The number of alkyl halides is 3. The van der Waals surface area contributed by atoms with Crippen LogP contribution in [-0.4, -0.2) is 30.0 Å². The molecule has 6 heteroatoms. The van der Waals surface area contributed by atoms with Crippen LogP contribution < -0.4 is 0 Å². The van der Waals surface area contributed by atoms with Crippen molar-refractivity contribution in [1.82, 2.24) is 0 Å². The maximum atomic E-state index is 12.3. The summed E-state index contributed by atoms with van der Waals surface area (Å²) in [5.74, 6) is -4.13. The first-order valence-electron chi connectivity index (χ1n) is 4.82. The van der Waals surface area contributed by atoms with Gasteiger partial charge in [0, 0.05) is 6.61 Å². The van der Waals surface area contributed by atoms with Crippen LogP contribution >= 0.6 is 0 Å². The van der Waals surface area contributed by atoms with Crippen LogP contribution in [0.4, 0.5) is 13.2 Å². The predicted molar refractivity (Wildman–Crippen MR) is 45.4 cm³/mol. The van der Waals surface area contributed by atoms with Crippen molar-refractivity contribution >= 4 is 5.97 Å². The largest absolute Gasteiger partial charge is 0.481 e. The van der Waals surface area contributed by atoms with Gasteiger partial charge in [0.05, 0.1) is 6.10 Å². The lowest BCUT2D eigenvalue weighted by atomic mass is 9.96. The summed E-state index contributed by atoms with van der Waals surface area (Å²) in [4.78, 5) is 10.4. The number of carbonyl (C=O) groups is 1. The fourth-order valence-electron chi connectivity index (χ4n) is 1.63. The predicted octanol–water partition coefficient (Wildman–Crippen LogP) is 2.21. The van der Waals surface area contributed by atoms with Crippen LogP contribution in [0.5, 0.6) is 0 Å². The van der Waals surface area contributed by atoms with Crippen LogP contribution in [0.1, 0.15) is 25.7 Å². The standard InChI is InChI=1S/C9H13F3O3/c10-9(11,12)7(8(13)14)5-6-3-1-2-4-15-6/h6-7H,1-5H2,(H,13,14)/t6-,7-/m1/s1. The van der Waals surface area contributed by atoms with Gasteiger partial charge in [-0.15, -0.1) is 0 Å². The molecule has 0 amide bonds. The summed E-state index contributed by atoms with van der Waals surface area (Å²) in [7, 11) is 0. The Kier molecular flexibility index (Phi) is 3.96. The Morgan fingerprint density at radius 2 is 2.13 bits per heavy atom. The topological polar surface area (TPSA) is 46.5 Å². The third kappa shape index (κ3) is 3.70. The molecule has 0 spiro atoms. The SMILES string of the molecule is O=C(O)[C@@H](C[C@H]1CCCCO1)C(F)(F)F. The number of carboxylic acid groups (broad SMARTS) is 1. The van der Waals surface area contributed by atoms with E-state index in [0.717, 1.165) is 12.8 Å². The average molecular weight is 226 g/mol. The van der Waals surface area contributed by atoms with Crippen LogP contribution in [0.25, 0.3) is 0 Å². The molecule has 0 radical (unpaired) electrons. The Bertz CT molecular complexity index is 221. The minimum Gasteiger partial charge on any atom is -0.481 e. The van der Waals surface area contributed by atoms with E-state index in [1.54, 1.807) is 0 Å². The highest BCUT2D eigenvalue weighted by molar-refractivity contribution is 5.70. The van der Waals surface area contributed by atoms with Crippen molar-refractivity contribution in [2.45, 2.75) is 38.0 Å². The number of aliphatic carboxylic acids is 1. The molecule has 0 aromatic carbocycles. The van der Waals surface area contributed by atoms with E-state index in [2.05, 4.69) is 0 Å². The summed E-state index contributed by atoms with van der Waals surface area (Å²) in [6.45, 7) is 0.425. The molecule has 15 heavy (non-hydrogen) atoms. The normalized spacial score (nSPS) is 24.9. The maximum Gasteiger partial charge on any atom is 0.402 e. The summed E-state index contributed by atoms with van der Waals surface area (Å²) in [5, 5.41) is 8.46. The Morgan fingerprint density at radius 1 is 1.47 bits per heavy atom. The smallest absolute Gasteiger partial charge is 0.402 e. The van der Waals surface area contributed by atoms with Crippen molar-refractivity contribution in [2.24, 2.45) is 5.92 Å². The summed E-state index contributed by atoms with van der Waals surface area (Å²) in [5.41, 5.74) is 0. The van der Waals surface area contributed by atoms with E-state index in [1.165, 1.54) is 0 Å². The van der Waals surface area contributed by atoms with Gasteiger partial charge in [0.2, 0.25) is 0 Å². The van der Waals surface area contributed by atoms with E-state index in [1.807, 2.05) is 0 Å². The van der Waals surface area contributed by atoms with Gasteiger partial charge in [0.25, 0.3) is 0 Å². The van der Waals surface area contributed by atoms with E-state index < -0.39 is 30.6 Å². The molecule has 0 aromatic rings. The summed E-state index contributed by atoms with van der Waals surface area (Å²) >= 11 is 0. The molecule has 1 fully saturated rings. The fourth-order valence-corrected chi connectivity index (χ4v) is 1.63. The molecular formula is C9H13F3O3. The minimum atomic E-state index is -4.69. The first-order chi connectivity index (χ1) is 6.91. The van der Waals surface area contributed by atoms with Gasteiger partial charge < -0.3 is 9.84 Å². The van der Waals surface area contributed by atoms with Crippen LogP contribution in [-0.2, 0) is 9.53 Å². The van der Waals surface area contributed by atoms with Gasteiger partial charge in [-0.25, -0.2) is 0 Å². The molecule has 1 aliphatic rings. The first-order valence-corrected chi connectivity index (χ1v) is 4.82. The Hall–Kier alpha value is -0.780. The minimum absolute atomic E-state index is 0.425. The number of carboxylic acids is 1. The van der Waals surface area contributed by atoms with Crippen molar-refractivity contribution in [3.05, 3.63) is 0 Å². The molecular weight excluding hydrogens is 213 g/mol. The maximum absolute atomic E-state index is 12.3. The van der Waals surface area contributed by atoms with Crippen molar-refractivity contribution < 1.29 is 27.8 Å². The number of rotatable bonds is 3. The van der Waals surface area contributed by atoms with Crippen molar-refractivity contribution in [3.63, 3.8) is 0 Å². The molecule has 2 atom stereocenters. The number of halogens is 3. The summed E-state index contributed by atoms with van der Waals surface area (Å²) in [6, 6.07) is 0. The zero-order chi connectivity index (χ0) is 11.5. The van der Waals surface area contributed by atoms with Gasteiger partial charge >= 0.3 is 12.1 Å². The van der Waals surface area contributed by atoms with Crippen LogP contribution in [0.2, 0.25) is 0 Å². The highest BCUT2D eigenvalue weighted by atomic mass is 19.4. The van der Waals surface area contributed by atoms with Crippen LogP contribution in [0.15, 0.2) is 0 Å². The van der Waals surface area contributed by atoms with Gasteiger partial charge in [0.1, 0.15) is 0 Å². The van der Waals surface area contributed by atoms with Crippen molar-refractivity contribution in [2.75, 3.05) is 6.61 Å². The molecule has 3 nitrogen and oxygen atoms in total. The van der Waals surface area contributed by atoms with Gasteiger partial charge in [-0.05, 0) is 25.7 Å². The lowest BCUT2D eigenvalue weighted by Gasteiger charge is -2.26. The second kappa shape index (κ2) is 4.83. The van der Waals surface area contributed by atoms with Gasteiger partial charge in [-0.3, -0.25) is 4.79 Å². The molecule has 1 N–H and O–H groups in total. The van der Waals surface area contributed by atoms with E-state index in [-0.39, 0.29) is 0 Å². The second-order valence-electron chi connectivity index (χ2n) is 3.66. The molecule has 0 aromatic heterocycles. The third-order valence-electron chi connectivity index (χ3n) is 2.47. The first kappa shape index (κ1) is 12.3. The number of hydrogen-bond acceptors (Lipinski definition) is 2. The lowest BCUT2D eigenvalue weighted by Crippen LogP contribution is -2.35. The van der Waals surface area contributed by atoms with E-state index in [9.17, 15) is 18.0 Å². The molecule has 1 heterocycles. The molecule has 1 saturated heterocycles. The van der Waals surface area contributed by atoms with Gasteiger partial charge in [-0.2, -0.15) is 13.2 Å². The molecule has 0 aliphatic carbocycles. The van der Waals surface area contributed by atoms with E-state index in [4.69, 9.17) is 9.84 Å². The molecule has 1 rings (SSSR count). The van der Waals surface area contributed by atoms with Crippen LogP contribution in [0, 0.1) is 5.92 Å². The Balaban J connectivity index is 2.54. The molecule has 0 saturated carbocycles. The monoisotopic (exact) mass is 226 g/mol. The lowest BCUT2D eigenvalue weighted by molar-refractivity contribution is -0.200. The Morgan fingerprint density at radius 3 is 2.53 bits per heavy atom. The van der Waals surface area contributed by atoms with Crippen molar-refractivity contribution in [1.29, 1.82) is 0 Å². The molecule has 0 unspecified atom stereocenters. The molecule has 88 valence electrons. The molecule has 1 aliphatic heterocycles. The third-order valence-corrected chi connectivity index (χ3v) is 2.47. The molecule has 0 bridgehead atoms. The van der Waals surface area contributed by atoms with E-state index in [0.29, 0.717) is 13.0 Å². The van der Waals surface area contributed by atoms with Crippen LogP contribution in [0.3, 0.4) is 0 Å². The van der Waals surface area contributed by atoms with Crippen molar-refractivity contribution in [3.8, 4) is 0 Å². The highest BCUT2D eigenvalue weighted by Gasteiger charge is 2.46. The highest BCUT2D eigenvalue weighted by Crippen LogP contribution is 2.32. The van der Waals surface area contributed by atoms with E-state index >= 15 is 0 Å². The summed E-state index contributed by atoms with van der Waals surface area (Å²) < 4.78 is 42.0. The fraction of sp³-hybridized carbons (Fsp3) is 0.889. The zero-order valence-electron chi connectivity index (χ0n) is 8.09. The average Bonchev–Trinajstić information content (AvgIpc) is 2.13. The summed E-state index contributed by atoms with van der Waals surface area (Å²) in [6.07, 6.45) is -3.58. The zero-order valence-corrected chi connectivity index (χ0v) is 8.09. The van der Waals surface area contributed by atoms with Gasteiger partial charge in [0.15, 0.2) is 5.92 Å².